The van der Waals surface area contributed by atoms with E-state index in [0.29, 0.717) is 0 Å². The Bertz CT molecular complexity index is 318. The van der Waals surface area contributed by atoms with Gasteiger partial charge in [0.05, 0.1) is 5.03 Å². The van der Waals surface area contributed by atoms with E-state index in [1.807, 2.05) is 0 Å². The first kappa shape index (κ1) is 10.8. The molecule has 0 saturated carbocycles. The molecule has 0 spiro atoms. The molecule has 0 aromatic carbocycles. The van der Waals surface area contributed by atoms with Crippen LogP contribution in [0.15, 0.2) is 22.7 Å². The van der Waals surface area contributed by atoms with E-state index in [1.165, 1.54) is 6.08 Å². The fraction of sp³-hybridized carbons (Fsp3) is 0.444. The zero-order valence-electron chi connectivity index (χ0n) is 7.40. The number of hydrogen-bond acceptors (Lipinski definition) is 2. The average molecular weight is 221 g/mol. The van der Waals surface area contributed by atoms with E-state index < -0.39 is 16.8 Å². The molecular weight excluding hydrogens is 211 g/mol. The number of hydrogen-bond donors (Lipinski definition) is 1. The SMILES string of the molecule is C=CC(C)(C)C1(O)C(=O)C(Cl)=C1Cl. The Labute approximate surface area is 86.8 Å². The lowest BCUT2D eigenvalue weighted by molar-refractivity contribution is -0.140. The summed E-state index contributed by atoms with van der Waals surface area (Å²) in [7, 11) is 0. The molecule has 4 heteroatoms. The molecule has 0 aromatic rings. The molecule has 1 aliphatic carbocycles. The lowest BCUT2D eigenvalue weighted by Crippen LogP contribution is -2.57. The van der Waals surface area contributed by atoms with Crippen molar-refractivity contribution in [3.05, 3.63) is 22.7 Å². The zero-order chi connectivity index (χ0) is 10.4. The van der Waals surface area contributed by atoms with Crippen molar-refractivity contribution in [3.8, 4) is 0 Å². The third kappa shape index (κ3) is 1.09. The highest BCUT2D eigenvalue weighted by Gasteiger charge is 2.59. The second-order valence-corrected chi connectivity index (χ2v) is 4.35. The Morgan fingerprint density at radius 2 is 2.00 bits per heavy atom. The Morgan fingerprint density at radius 3 is 2.31 bits per heavy atom. The summed E-state index contributed by atoms with van der Waals surface area (Å²) in [5.74, 6) is -0.538. The van der Waals surface area contributed by atoms with Crippen LogP contribution in [0.5, 0.6) is 0 Å². The highest BCUT2D eigenvalue weighted by Crippen LogP contribution is 2.50. The van der Waals surface area contributed by atoms with Crippen molar-refractivity contribution in [2.75, 3.05) is 0 Å². The molecule has 2 nitrogen and oxygen atoms in total. The van der Waals surface area contributed by atoms with E-state index in [4.69, 9.17) is 23.2 Å². The highest BCUT2D eigenvalue weighted by molar-refractivity contribution is 6.56. The van der Waals surface area contributed by atoms with Gasteiger partial charge in [0.15, 0.2) is 5.60 Å². The van der Waals surface area contributed by atoms with Gasteiger partial charge >= 0.3 is 0 Å². The lowest BCUT2D eigenvalue weighted by Gasteiger charge is -2.44. The summed E-state index contributed by atoms with van der Waals surface area (Å²) in [6.07, 6.45) is 1.48. The molecule has 1 rings (SSSR count). The van der Waals surface area contributed by atoms with Crippen molar-refractivity contribution in [3.63, 3.8) is 0 Å². The van der Waals surface area contributed by atoms with Crippen LogP contribution in [-0.4, -0.2) is 16.5 Å². The minimum absolute atomic E-state index is 0.00377. The fourth-order valence-corrected chi connectivity index (χ4v) is 1.87. The summed E-state index contributed by atoms with van der Waals surface area (Å²) in [5, 5.41) is 9.87. The van der Waals surface area contributed by atoms with Crippen LogP contribution in [0.2, 0.25) is 0 Å². The van der Waals surface area contributed by atoms with Crippen molar-refractivity contribution >= 4 is 29.0 Å². The third-order valence-electron chi connectivity index (χ3n) is 2.48. The van der Waals surface area contributed by atoms with Gasteiger partial charge in [0.1, 0.15) is 5.03 Å². The van der Waals surface area contributed by atoms with Gasteiger partial charge in [0, 0.05) is 5.41 Å². The lowest BCUT2D eigenvalue weighted by atomic mass is 9.67. The van der Waals surface area contributed by atoms with E-state index in [0.717, 1.165) is 0 Å². The molecule has 1 N–H and O–H groups in total. The third-order valence-corrected chi connectivity index (χ3v) is 3.40. The molecule has 0 amide bonds. The fourth-order valence-electron chi connectivity index (χ4n) is 1.18. The topological polar surface area (TPSA) is 37.3 Å². The van der Waals surface area contributed by atoms with Crippen molar-refractivity contribution < 1.29 is 9.90 Å². The smallest absolute Gasteiger partial charge is 0.213 e. The van der Waals surface area contributed by atoms with E-state index >= 15 is 0 Å². The van der Waals surface area contributed by atoms with Gasteiger partial charge in [-0.25, -0.2) is 0 Å². The number of aliphatic hydroxyl groups is 1. The van der Waals surface area contributed by atoms with Gasteiger partial charge in [-0.05, 0) is 0 Å². The quantitative estimate of drug-likeness (QED) is 0.725. The summed E-state index contributed by atoms with van der Waals surface area (Å²) >= 11 is 11.2. The summed E-state index contributed by atoms with van der Waals surface area (Å²) in [6.45, 7) is 6.88. The first-order valence-electron chi connectivity index (χ1n) is 3.75. The summed E-state index contributed by atoms with van der Waals surface area (Å²) in [6, 6.07) is 0. The Kier molecular flexibility index (Phi) is 2.35. The van der Waals surface area contributed by atoms with Gasteiger partial charge in [-0.3, -0.25) is 4.79 Å². The van der Waals surface area contributed by atoms with Crippen LogP contribution in [-0.2, 0) is 4.79 Å². The number of ketones is 1. The van der Waals surface area contributed by atoms with Crippen LogP contribution in [0.1, 0.15) is 13.8 Å². The van der Waals surface area contributed by atoms with Crippen molar-refractivity contribution in [2.45, 2.75) is 19.4 Å². The summed E-state index contributed by atoms with van der Waals surface area (Å²) in [5.41, 5.74) is -2.49. The highest BCUT2D eigenvalue weighted by atomic mass is 35.5. The monoisotopic (exact) mass is 220 g/mol. The minimum Gasteiger partial charge on any atom is -0.375 e. The second kappa shape index (κ2) is 2.84. The Balaban J connectivity index is 3.22. The number of rotatable bonds is 2. The largest absolute Gasteiger partial charge is 0.375 e. The molecule has 1 atom stereocenters. The normalized spacial score (nSPS) is 28.8. The van der Waals surface area contributed by atoms with Crippen LogP contribution in [0, 0.1) is 5.41 Å². The van der Waals surface area contributed by atoms with Gasteiger partial charge in [-0.15, -0.1) is 6.58 Å². The molecule has 0 fully saturated rings. The average Bonchev–Trinajstić information content (AvgIpc) is 2.13. The van der Waals surface area contributed by atoms with Crippen molar-refractivity contribution in [1.29, 1.82) is 0 Å². The molecule has 72 valence electrons. The number of carbonyl (C=O) groups is 1. The van der Waals surface area contributed by atoms with Gasteiger partial charge in [-0.2, -0.15) is 0 Å². The minimum atomic E-state index is -1.69. The molecule has 13 heavy (non-hydrogen) atoms. The molecule has 0 aromatic heterocycles. The van der Waals surface area contributed by atoms with Crippen molar-refractivity contribution in [2.24, 2.45) is 5.41 Å². The first-order chi connectivity index (χ1) is 5.79. The maximum Gasteiger partial charge on any atom is 0.213 e. The molecule has 1 unspecified atom stereocenters. The van der Waals surface area contributed by atoms with Gasteiger partial charge < -0.3 is 5.11 Å². The number of carbonyl (C=O) groups excluding carboxylic acids is 1. The van der Waals surface area contributed by atoms with E-state index in [1.54, 1.807) is 13.8 Å². The second-order valence-electron chi connectivity index (χ2n) is 3.59. The van der Waals surface area contributed by atoms with Gasteiger partial charge in [0.25, 0.3) is 0 Å². The molecule has 0 aliphatic heterocycles. The summed E-state index contributed by atoms with van der Waals surface area (Å²) in [4.78, 5) is 11.3. The molecular formula is C9H10Cl2O2. The molecule has 0 heterocycles. The Hall–Kier alpha value is -0.310. The number of halogens is 2. The van der Waals surface area contributed by atoms with Crippen molar-refractivity contribution in [1.82, 2.24) is 0 Å². The predicted octanol–water partition coefficient (Wildman–Crippen LogP) is 2.20. The molecule has 0 bridgehead atoms. The van der Waals surface area contributed by atoms with Gasteiger partial charge in [0.2, 0.25) is 5.78 Å². The zero-order valence-corrected chi connectivity index (χ0v) is 8.91. The van der Waals surface area contributed by atoms with E-state index in [-0.39, 0.29) is 10.1 Å². The molecule has 0 radical (unpaired) electrons. The summed E-state index contributed by atoms with van der Waals surface area (Å²) < 4.78 is 0. The van der Waals surface area contributed by atoms with E-state index in [9.17, 15) is 9.90 Å². The van der Waals surface area contributed by atoms with Crippen LogP contribution in [0.4, 0.5) is 0 Å². The Morgan fingerprint density at radius 1 is 1.54 bits per heavy atom. The number of Topliss-reactive ketones (excluding diaryl/α,β-unsaturated/α-hetero) is 1. The maximum atomic E-state index is 11.3. The van der Waals surface area contributed by atoms with Crippen LogP contribution in [0.3, 0.4) is 0 Å². The van der Waals surface area contributed by atoms with Gasteiger partial charge in [-0.1, -0.05) is 43.1 Å². The van der Waals surface area contributed by atoms with E-state index in [2.05, 4.69) is 6.58 Å². The maximum absolute atomic E-state index is 11.3. The van der Waals surface area contributed by atoms with Crippen LogP contribution < -0.4 is 0 Å². The first-order valence-corrected chi connectivity index (χ1v) is 4.51. The predicted molar refractivity (Wildman–Crippen MR) is 52.7 cm³/mol. The molecule has 0 saturated heterocycles. The molecule has 1 aliphatic rings. The van der Waals surface area contributed by atoms with Crippen LogP contribution in [0.25, 0.3) is 0 Å². The van der Waals surface area contributed by atoms with Crippen LogP contribution >= 0.6 is 23.2 Å². The standard InChI is InChI=1S/C9H10Cl2O2/c1-4-8(2,3)9(13)6(11)5(10)7(9)12/h4,13H,1H2,2-3H3.